The molecule has 1 saturated carbocycles. The van der Waals surface area contributed by atoms with Gasteiger partial charge in [0.15, 0.2) is 5.78 Å². The van der Waals surface area contributed by atoms with Gasteiger partial charge in [0, 0.05) is 41.1 Å². The van der Waals surface area contributed by atoms with Gasteiger partial charge in [-0.05, 0) is 31.9 Å². The van der Waals surface area contributed by atoms with E-state index in [9.17, 15) is 4.79 Å². The summed E-state index contributed by atoms with van der Waals surface area (Å²) in [6, 6.07) is 4.18. The van der Waals surface area contributed by atoms with E-state index >= 15 is 0 Å². The fourth-order valence-corrected chi connectivity index (χ4v) is 3.03. The van der Waals surface area contributed by atoms with Crippen molar-refractivity contribution in [2.24, 2.45) is 5.92 Å². The molecule has 1 aromatic rings. The lowest BCUT2D eigenvalue weighted by Crippen LogP contribution is -2.34. The molecule has 4 heteroatoms. The number of carbonyl (C=O) groups is 1. The number of nitrogens with zero attached hydrogens (tertiary/aromatic N) is 1. The lowest BCUT2D eigenvalue weighted by atomic mass is 9.99. The van der Waals surface area contributed by atoms with Crippen molar-refractivity contribution in [2.75, 3.05) is 0 Å². The van der Waals surface area contributed by atoms with Crippen LogP contribution in [0.3, 0.4) is 0 Å². The number of aromatic nitrogens is 1. The summed E-state index contributed by atoms with van der Waals surface area (Å²) < 4.78 is 0. The van der Waals surface area contributed by atoms with Crippen LogP contribution in [-0.4, -0.2) is 10.8 Å². The molecule has 1 fully saturated rings. The Morgan fingerprint density at radius 2 is 2.09 bits per heavy atom. The van der Waals surface area contributed by atoms with E-state index in [0.29, 0.717) is 5.92 Å². The van der Waals surface area contributed by atoms with Crippen LogP contribution in [0.5, 0.6) is 0 Å². The van der Waals surface area contributed by atoms with Gasteiger partial charge in [-0.2, -0.15) is 0 Å². The fraction of sp³-hybridized carbons (Fsp3) is 0.333. The maximum absolute atomic E-state index is 11.9. The molecule has 0 aromatic carbocycles. The Balaban J connectivity index is 1.67. The second-order valence-electron chi connectivity index (χ2n) is 6.13. The van der Waals surface area contributed by atoms with Gasteiger partial charge in [0.05, 0.1) is 6.04 Å². The molecule has 4 rings (SSSR count). The minimum absolute atomic E-state index is 0.0636. The molecule has 0 saturated heterocycles. The molecule has 1 aliphatic heterocycles. The van der Waals surface area contributed by atoms with Crippen LogP contribution in [0.25, 0.3) is 0 Å². The van der Waals surface area contributed by atoms with Crippen molar-refractivity contribution in [3.8, 4) is 0 Å². The standard InChI is InChI=1S/C18H19N3O/c1-11(22)16(12-4-5-12)18-20-10-8-15(21-18)14-3-2-9-19-17(14)13-6-7-13/h2-5,8-10,12-13,15,20-21H,6-7H2,1H3/b18-16+. The number of ketones is 1. The summed E-state index contributed by atoms with van der Waals surface area (Å²) in [5, 5.41) is 6.67. The Morgan fingerprint density at radius 1 is 1.27 bits per heavy atom. The highest BCUT2D eigenvalue weighted by Gasteiger charge is 2.31. The van der Waals surface area contributed by atoms with Crippen LogP contribution in [0.4, 0.5) is 0 Å². The molecular weight excluding hydrogens is 274 g/mol. The molecule has 3 aliphatic rings. The molecular formula is C18H19N3O. The van der Waals surface area contributed by atoms with E-state index in [1.54, 1.807) is 6.92 Å². The fourth-order valence-electron chi connectivity index (χ4n) is 3.03. The summed E-state index contributed by atoms with van der Waals surface area (Å²) in [6.07, 6.45) is 12.4. The average molecular weight is 293 g/mol. The molecule has 0 radical (unpaired) electrons. The first-order chi connectivity index (χ1) is 10.7. The van der Waals surface area contributed by atoms with E-state index in [0.717, 1.165) is 11.4 Å². The number of allylic oxidation sites excluding steroid dienone is 3. The maximum Gasteiger partial charge on any atom is 0.160 e. The van der Waals surface area contributed by atoms with Gasteiger partial charge in [-0.3, -0.25) is 9.78 Å². The van der Waals surface area contributed by atoms with Crippen LogP contribution in [0.15, 0.2) is 54.2 Å². The number of Topliss-reactive ketones (excluding diaryl/α,β-unsaturated/α-hetero) is 1. The Kier molecular flexibility index (Phi) is 3.10. The molecule has 0 spiro atoms. The summed E-state index contributed by atoms with van der Waals surface area (Å²) in [6.45, 7) is 1.62. The summed E-state index contributed by atoms with van der Waals surface area (Å²) in [5.74, 6) is 1.70. The van der Waals surface area contributed by atoms with Gasteiger partial charge in [0.25, 0.3) is 0 Å². The number of pyridine rings is 1. The second-order valence-corrected chi connectivity index (χ2v) is 6.13. The van der Waals surface area contributed by atoms with Crippen molar-refractivity contribution >= 4 is 5.78 Å². The first-order valence-corrected chi connectivity index (χ1v) is 7.82. The van der Waals surface area contributed by atoms with E-state index in [1.807, 2.05) is 30.6 Å². The van der Waals surface area contributed by atoms with Gasteiger partial charge >= 0.3 is 0 Å². The highest BCUT2D eigenvalue weighted by atomic mass is 16.1. The monoisotopic (exact) mass is 293 g/mol. The molecule has 0 bridgehead atoms. The zero-order chi connectivity index (χ0) is 15.1. The SMILES string of the molecule is CC(=O)/C(=C1/NC=CC(c2cccnc2C2CC2)N1)C1C=C1. The predicted molar refractivity (Wildman–Crippen MR) is 84.7 cm³/mol. The molecule has 0 amide bonds. The van der Waals surface area contributed by atoms with Crippen molar-refractivity contribution in [2.45, 2.75) is 31.7 Å². The van der Waals surface area contributed by atoms with Crippen molar-refractivity contribution in [1.82, 2.24) is 15.6 Å². The van der Waals surface area contributed by atoms with Crippen molar-refractivity contribution in [3.63, 3.8) is 0 Å². The third kappa shape index (κ3) is 2.45. The van der Waals surface area contributed by atoms with Gasteiger partial charge in [-0.1, -0.05) is 18.2 Å². The molecule has 22 heavy (non-hydrogen) atoms. The number of rotatable bonds is 4. The number of hydrogen-bond acceptors (Lipinski definition) is 4. The minimum Gasteiger partial charge on any atom is -0.361 e. The van der Waals surface area contributed by atoms with Crippen molar-refractivity contribution in [3.05, 3.63) is 65.4 Å². The van der Waals surface area contributed by atoms with E-state index in [-0.39, 0.29) is 17.7 Å². The Morgan fingerprint density at radius 3 is 2.77 bits per heavy atom. The van der Waals surface area contributed by atoms with Crippen LogP contribution < -0.4 is 10.6 Å². The lowest BCUT2D eigenvalue weighted by Gasteiger charge is -2.27. The first-order valence-electron chi connectivity index (χ1n) is 7.82. The largest absolute Gasteiger partial charge is 0.361 e. The molecule has 2 N–H and O–H groups in total. The quantitative estimate of drug-likeness (QED) is 0.662. The van der Waals surface area contributed by atoms with Gasteiger partial charge < -0.3 is 10.6 Å². The Labute approximate surface area is 130 Å². The van der Waals surface area contributed by atoms with Crippen LogP contribution >= 0.6 is 0 Å². The predicted octanol–water partition coefficient (Wildman–Crippen LogP) is 2.69. The van der Waals surface area contributed by atoms with Gasteiger partial charge in [-0.15, -0.1) is 0 Å². The topological polar surface area (TPSA) is 54.0 Å². The molecule has 4 nitrogen and oxygen atoms in total. The van der Waals surface area contributed by atoms with E-state index in [1.165, 1.54) is 24.1 Å². The van der Waals surface area contributed by atoms with Crippen LogP contribution in [0.2, 0.25) is 0 Å². The highest BCUT2D eigenvalue weighted by Crippen LogP contribution is 2.42. The minimum atomic E-state index is 0.0636. The number of hydrogen-bond donors (Lipinski definition) is 2. The summed E-state index contributed by atoms with van der Waals surface area (Å²) in [4.78, 5) is 16.5. The van der Waals surface area contributed by atoms with Crippen LogP contribution in [-0.2, 0) is 4.79 Å². The average Bonchev–Trinajstić information content (AvgIpc) is 3.40. The Hall–Kier alpha value is -2.36. The third-order valence-electron chi connectivity index (χ3n) is 4.35. The first kappa shape index (κ1) is 13.3. The molecule has 2 aliphatic carbocycles. The van der Waals surface area contributed by atoms with E-state index < -0.39 is 0 Å². The van der Waals surface area contributed by atoms with Gasteiger partial charge in [-0.25, -0.2) is 0 Å². The lowest BCUT2D eigenvalue weighted by molar-refractivity contribution is -0.113. The molecule has 1 unspecified atom stereocenters. The summed E-state index contributed by atoms with van der Waals surface area (Å²) in [7, 11) is 0. The molecule has 112 valence electrons. The van der Waals surface area contributed by atoms with Crippen LogP contribution in [0, 0.1) is 5.92 Å². The van der Waals surface area contributed by atoms with Crippen molar-refractivity contribution < 1.29 is 4.79 Å². The molecule has 1 aromatic heterocycles. The summed E-state index contributed by atoms with van der Waals surface area (Å²) in [5.41, 5.74) is 3.22. The number of carbonyl (C=O) groups excluding carboxylic acids is 1. The normalized spacial score (nSPS) is 25.4. The smallest absolute Gasteiger partial charge is 0.160 e. The molecule has 1 atom stereocenters. The maximum atomic E-state index is 11.9. The van der Waals surface area contributed by atoms with Gasteiger partial charge in [0.1, 0.15) is 5.82 Å². The van der Waals surface area contributed by atoms with Gasteiger partial charge in [0.2, 0.25) is 0 Å². The van der Waals surface area contributed by atoms with E-state index in [2.05, 4.69) is 27.8 Å². The zero-order valence-corrected chi connectivity index (χ0v) is 12.5. The van der Waals surface area contributed by atoms with E-state index in [4.69, 9.17) is 0 Å². The second kappa shape index (κ2) is 5.13. The zero-order valence-electron chi connectivity index (χ0n) is 12.5. The van der Waals surface area contributed by atoms with Crippen LogP contribution in [0.1, 0.15) is 43.0 Å². The Bertz CT molecular complexity index is 707. The highest BCUT2D eigenvalue weighted by molar-refractivity contribution is 5.96. The van der Waals surface area contributed by atoms with Crippen molar-refractivity contribution in [1.29, 1.82) is 0 Å². The molecule has 2 heterocycles. The third-order valence-corrected chi connectivity index (χ3v) is 4.35. The summed E-state index contributed by atoms with van der Waals surface area (Å²) >= 11 is 0. The number of nitrogens with one attached hydrogen (secondary N) is 2.